The van der Waals surface area contributed by atoms with Crippen molar-refractivity contribution in [3.05, 3.63) is 126 Å². The minimum atomic E-state index is 0.231. The lowest BCUT2D eigenvalue weighted by Gasteiger charge is -2.31. The molecule has 2 aromatic heterocycles. The highest BCUT2D eigenvalue weighted by Crippen LogP contribution is 2.48. The Bertz CT molecular complexity index is 1240. The number of nitrogens with zero attached hydrogens (tertiary/aromatic N) is 3. The van der Waals surface area contributed by atoms with E-state index in [-0.39, 0.29) is 6.04 Å². The quantitative estimate of drug-likeness (QED) is 0.520. The third-order valence-corrected chi connectivity index (χ3v) is 6.27. The second-order valence-electron chi connectivity index (χ2n) is 8.44. The van der Waals surface area contributed by atoms with E-state index in [0.717, 1.165) is 28.9 Å². The summed E-state index contributed by atoms with van der Waals surface area (Å²) < 4.78 is 0. The first kappa shape index (κ1) is 21.1. The maximum Gasteiger partial charge on any atom is 0.0629 e. The maximum atomic E-state index is 4.27. The van der Waals surface area contributed by atoms with E-state index in [4.69, 9.17) is 0 Å². The van der Waals surface area contributed by atoms with E-state index < -0.39 is 0 Å². The van der Waals surface area contributed by atoms with Gasteiger partial charge in [-0.25, -0.2) is 0 Å². The topological polar surface area (TPSA) is 41.1 Å². The molecule has 4 heteroatoms. The fourth-order valence-electron chi connectivity index (χ4n) is 4.72. The Balaban J connectivity index is 1.71. The smallest absolute Gasteiger partial charge is 0.0629 e. The average molecular weight is 433 g/mol. The highest BCUT2D eigenvalue weighted by Gasteiger charge is 2.38. The number of fused-ring (bicyclic) bond motifs is 3. The van der Waals surface area contributed by atoms with Crippen LogP contribution >= 0.6 is 0 Å². The van der Waals surface area contributed by atoms with Crippen LogP contribution in [0.25, 0.3) is 11.3 Å². The number of nitrogens with one attached hydrogen (secondary N) is 1. The van der Waals surface area contributed by atoms with Crippen molar-refractivity contribution in [2.24, 2.45) is 0 Å². The Morgan fingerprint density at radius 1 is 0.939 bits per heavy atom. The summed E-state index contributed by atoms with van der Waals surface area (Å²) in [5.74, 6) is 0.334. The van der Waals surface area contributed by atoms with Gasteiger partial charge in [-0.3, -0.25) is 9.97 Å². The Morgan fingerprint density at radius 2 is 1.64 bits per heavy atom. The zero-order chi connectivity index (χ0) is 22.6. The Kier molecular flexibility index (Phi) is 6.01. The third kappa shape index (κ3) is 4.18. The molecule has 1 aliphatic heterocycles. The molecule has 1 aliphatic carbocycles. The lowest BCUT2D eigenvalue weighted by Crippen LogP contribution is -2.31. The van der Waals surface area contributed by atoms with Crippen LogP contribution in [0.2, 0.25) is 0 Å². The van der Waals surface area contributed by atoms with Crippen LogP contribution in [-0.4, -0.2) is 29.6 Å². The molecule has 3 aromatic rings. The highest BCUT2D eigenvalue weighted by atomic mass is 15.2. The number of rotatable bonds is 6. The molecule has 0 bridgehead atoms. The van der Waals surface area contributed by atoms with Gasteiger partial charge in [0.1, 0.15) is 0 Å². The zero-order valence-electron chi connectivity index (χ0n) is 19.0. The number of anilines is 1. The number of aryl methyl sites for hydroxylation is 1. The Hall–Kier alpha value is -3.76. The van der Waals surface area contributed by atoms with Crippen LogP contribution in [0, 0.1) is 6.92 Å². The molecule has 3 heterocycles. The van der Waals surface area contributed by atoms with Gasteiger partial charge in [0.25, 0.3) is 0 Å². The van der Waals surface area contributed by atoms with Crippen molar-refractivity contribution in [3.63, 3.8) is 0 Å². The highest BCUT2D eigenvalue weighted by molar-refractivity contribution is 5.92. The van der Waals surface area contributed by atoms with Crippen molar-refractivity contribution in [1.29, 1.82) is 0 Å². The number of hydrogen-bond donors (Lipinski definition) is 1. The van der Waals surface area contributed by atoms with Crippen molar-refractivity contribution < 1.29 is 0 Å². The summed E-state index contributed by atoms with van der Waals surface area (Å²) in [6.07, 6.45) is 20.9. The molecule has 0 amide bonds. The lowest BCUT2D eigenvalue weighted by atomic mass is 9.90. The second kappa shape index (κ2) is 9.39. The molecule has 4 nitrogen and oxygen atoms in total. The third-order valence-electron chi connectivity index (χ3n) is 6.27. The van der Waals surface area contributed by atoms with Crippen molar-refractivity contribution in [2.45, 2.75) is 18.9 Å². The van der Waals surface area contributed by atoms with Crippen molar-refractivity contribution >= 4 is 17.0 Å². The van der Waals surface area contributed by atoms with Gasteiger partial charge in [-0.05, 0) is 67.1 Å². The van der Waals surface area contributed by atoms with Crippen molar-refractivity contribution in [1.82, 2.24) is 15.3 Å². The largest absolute Gasteiger partial charge is 0.333 e. The molecule has 2 unspecified atom stereocenters. The number of benzene rings is 1. The summed E-state index contributed by atoms with van der Waals surface area (Å²) in [5, 5.41) is 3.25. The normalized spacial score (nSPS) is 19.5. The Morgan fingerprint density at radius 3 is 2.36 bits per heavy atom. The van der Waals surface area contributed by atoms with E-state index in [1.807, 2.05) is 31.8 Å². The van der Waals surface area contributed by atoms with Crippen LogP contribution < -0.4 is 10.2 Å². The van der Waals surface area contributed by atoms with Crippen LogP contribution in [0.1, 0.15) is 28.2 Å². The molecular formula is C29H28N4. The van der Waals surface area contributed by atoms with E-state index >= 15 is 0 Å². The van der Waals surface area contributed by atoms with Gasteiger partial charge in [-0.15, -0.1) is 0 Å². The van der Waals surface area contributed by atoms with Gasteiger partial charge in [0.15, 0.2) is 0 Å². The van der Waals surface area contributed by atoms with Gasteiger partial charge in [0.05, 0.1) is 6.04 Å². The summed E-state index contributed by atoms with van der Waals surface area (Å²) in [5.41, 5.74) is 8.54. The first-order chi connectivity index (χ1) is 16.3. The molecule has 164 valence electrons. The number of hydrogen-bond acceptors (Lipinski definition) is 4. The first-order valence-corrected chi connectivity index (χ1v) is 11.4. The summed E-state index contributed by atoms with van der Waals surface area (Å²) in [6.45, 7) is 2.95. The van der Waals surface area contributed by atoms with Crippen LogP contribution in [0.5, 0.6) is 0 Å². The van der Waals surface area contributed by atoms with Gasteiger partial charge in [0, 0.05) is 54.2 Å². The van der Waals surface area contributed by atoms with Crippen molar-refractivity contribution in [2.75, 3.05) is 18.5 Å². The molecule has 0 saturated heterocycles. The summed E-state index contributed by atoms with van der Waals surface area (Å²) in [6, 6.07) is 15.4. The van der Waals surface area contributed by atoms with Gasteiger partial charge in [-0.2, -0.15) is 0 Å². The molecule has 0 saturated carbocycles. The molecule has 1 aromatic carbocycles. The molecule has 1 N–H and O–H groups in total. The fourth-order valence-corrected chi connectivity index (χ4v) is 4.72. The van der Waals surface area contributed by atoms with E-state index in [2.05, 4.69) is 106 Å². The minimum absolute atomic E-state index is 0.231. The van der Waals surface area contributed by atoms with Crippen LogP contribution in [0.15, 0.2) is 104 Å². The number of aromatic nitrogens is 2. The van der Waals surface area contributed by atoms with Gasteiger partial charge in [0.2, 0.25) is 0 Å². The number of likely N-dealkylation sites (N-methyl/N-ethyl adjacent to an activating group) is 1. The standard InChI is InChI=1S/C29H28N4/c1-21-7-8-28-26(19-21)25-5-3-4-6-27(25)33(28)29(23-12-17-32-18-13-23)20-24(9-14-30-2)22-10-15-31-16-11-22/h3-13,15-20,25,27,30H,14H2,1-2H3/b24-9+,29-20-. The second-order valence-corrected chi connectivity index (χ2v) is 8.44. The van der Waals surface area contributed by atoms with Gasteiger partial charge >= 0.3 is 0 Å². The van der Waals surface area contributed by atoms with Crippen LogP contribution in [0.3, 0.4) is 0 Å². The molecule has 0 fully saturated rings. The number of pyridine rings is 2. The fraction of sp³-hybridized carbons (Fsp3) is 0.172. The average Bonchev–Trinajstić information content (AvgIpc) is 3.19. The maximum absolute atomic E-state index is 4.27. The number of allylic oxidation sites excluding steroid dienone is 4. The van der Waals surface area contributed by atoms with E-state index in [9.17, 15) is 0 Å². The zero-order valence-corrected chi connectivity index (χ0v) is 19.0. The molecule has 2 aliphatic rings. The SMILES string of the molecule is CNC/C=C(\C=C(\c1ccncc1)N1c2ccc(C)cc2C2C=CC=CC21)c1ccncc1. The summed E-state index contributed by atoms with van der Waals surface area (Å²) >= 11 is 0. The molecule has 2 atom stereocenters. The van der Waals surface area contributed by atoms with E-state index in [1.54, 1.807) is 0 Å². The monoisotopic (exact) mass is 432 g/mol. The predicted molar refractivity (Wildman–Crippen MR) is 137 cm³/mol. The summed E-state index contributed by atoms with van der Waals surface area (Å²) in [7, 11) is 1.97. The molecule has 5 rings (SSSR count). The van der Waals surface area contributed by atoms with E-state index in [0.29, 0.717) is 5.92 Å². The molecule has 0 spiro atoms. The molecule has 33 heavy (non-hydrogen) atoms. The minimum Gasteiger partial charge on any atom is -0.333 e. The summed E-state index contributed by atoms with van der Waals surface area (Å²) in [4.78, 5) is 11.0. The van der Waals surface area contributed by atoms with Gasteiger partial charge in [-0.1, -0.05) is 48.1 Å². The van der Waals surface area contributed by atoms with Crippen LogP contribution in [0.4, 0.5) is 5.69 Å². The Labute approximate surface area is 195 Å². The predicted octanol–water partition coefficient (Wildman–Crippen LogP) is 5.53. The lowest BCUT2D eigenvalue weighted by molar-refractivity contribution is 0.747. The molecule has 0 radical (unpaired) electrons. The molecular weight excluding hydrogens is 404 g/mol. The van der Waals surface area contributed by atoms with Crippen LogP contribution in [-0.2, 0) is 0 Å². The van der Waals surface area contributed by atoms with Gasteiger partial charge < -0.3 is 10.2 Å². The van der Waals surface area contributed by atoms with E-state index in [1.165, 1.54) is 16.8 Å². The van der Waals surface area contributed by atoms with Crippen molar-refractivity contribution in [3.8, 4) is 0 Å². The first-order valence-electron chi connectivity index (χ1n) is 11.4.